The van der Waals surface area contributed by atoms with Crippen LogP contribution in [0.25, 0.3) is 0 Å². The van der Waals surface area contributed by atoms with Crippen LogP contribution in [0.5, 0.6) is 5.75 Å². The quantitative estimate of drug-likeness (QED) is 0.817. The summed E-state index contributed by atoms with van der Waals surface area (Å²) in [5.41, 5.74) is 1.01. The van der Waals surface area contributed by atoms with E-state index < -0.39 is 11.9 Å². The van der Waals surface area contributed by atoms with E-state index >= 15 is 0 Å². The van der Waals surface area contributed by atoms with Crippen LogP contribution in [0.4, 0.5) is 10.1 Å². The normalized spacial score (nSPS) is 12.0. The summed E-state index contributed by atoms with van der Waals surface area (Å²) in [6, 6.07) is 9.59. The van der Waals surface area contributed by atoms with E-state index in [1.807, 2.05) is 19.9 Å². The average Bonchev–Trinajstić information content (AvgIpc) is 2.54. The van der Waals surface area contributed by atoms with Crippen molar-refractivity contribution in [2.24, 2.45) is 5.92 Å². The minimum Gasteiger partial charge on any atom is -0.484 e. The Morgan fingerprint density at radius 2 is 2.12 bits per heavy atom. The number of carbonyl (C=O) groups is 1. The van der Waals surface area contributed by atoms with E-state index in [1.165, 1.54) is 12.1 Å². The molecule has 0 aliphatic carbocycles. The number of aromatic nitrogens is 1. The number of hydrogen-bond donors (Lipinski definition) is 2. The Balaban J connectivity index is 1.93. The van der Waals surface area contributed by atoms with Crippen molar-refractivity contribution in [3.05, 3.63) is 54.1 Å². The van der Waals surface area contributed by atoms with Gasteiger partial charge in [0.15, 0.2) is 11.6 Å². The molecule has 1 aromatic heterocycles. The summed E-state index contributed by atoms with van der Waals surface area (Å²) >= 11 is 0. The van der Waals surface area contributed by atoms with Crippen LogP contribution in [-0.2, 0) is 11.4 Å². The van der Waals surface area contributed by atoms with Gasteiger partial charge in [0.2, 0.25) is 5.91 Å². The highest BCUT2D eigenvalue weighted by molar-refractivity contribution is 5.91. The molecule has 1 amide bonds. The summed E-state index contributed by atoms with van der Waals surface area (Å²) in [6.45, 7) is 3.81. The van der Waals surface area contributed by atoms with E-state index in [2.05, 4.69) is 10.3 Å². The number of benzene rings is 1. The van der Waals surface area contributed by atoms with E-state index in [-0.39, 0.29) is 30.6 Å². The fraction of sp³-hybridized carbons (Fsp3) is 0.333. The van der Waals surface area contributed by atoms with Gasteiger partial charge in [0.05, 0.1) is 18.2 Å². The molecule has 24 heavy (non-hydrogen) atoms. The van der Waals surface area contributed by atoms with Gasteiger partial charge in [0.25, 0.3) is 0 Å². The van der Waals surface area contributed by atoms with Crippen LogP contribution in [-0.4, -0.2) is 22.1 Å². The zero-order valence-corrected chi connectivity index (χ0v) is 13.7. The standard InChI is InChI=1S/C18H21FN2O3/c1-12(2)16(22)10-18(23)21-13-6-7-17(15(19)9-13)24-11-14-5-3-4-8-20-14/h3-9,12,16,22H,10-11H2,1-2H3,(H,21,23). The van der Waals surface area contributed by atoms with Gasteiger partial charge in [-0.05, 0) is 30.2 Å². The maximum absolute atomic E-state index is 14.0. The Bertz CT molecular complexity index is 677. The van der Waals surface area contributed by atoms with Gasteiger partial charge in [-0.15, -0.1) is 0 Å². The van der Waals surface area contributed by atoms with Crippen LogP contribution in [0.1, 0.15) is 26.0 Å². The summed E-state index contributed by atoms with van der Waals surface area (Å²) in [5, 5.41) is 12.3. The van der Waals surface area contributed by atoms with Crippen molar-refractivity contribution in [1.82, 2.24) is 4.98 Å². The van der Waals surface area contributed by atoms with E-state index in [4.69, 9.17) is 4.74 Å². The molecule has 1 heterocycles. The molecule has 2 rings (SSSR count). The number of aliphatic hydroxyl groups excluding tert-OH is 1. The van der Waals surface area contributed by atoms with Crippen molar-refractivity contribution >= 4 is 11.6 Å². The molecule has 2 N–H and O–H groups in total. The molecule has 6 heteroatoms. The van der Waals surface area contributed by atoms with Crippen LogP contribution in [0, 0.1) is 11.7 Å². The number of ether oxygens (including phenoxy) is 1. The third-order valence-electron chi connectivity index (χ3n) is 3.48. The number of nitrogens with one attached hydrogen (secondary N) is 1. The highest BCUT2D eigenvalue weighted by Gasteiger charge is 2.15. The van der Waals surface area contributed by atoms with Gasteiger partial charge >= 0.3 is 0 Å². The maximum atomic E-state index is 14.0. The Kier molecular flexibility index (Phi) is 6.26. The summed E-state index contributed by atoms with van der Waals surface area (Å²) in [4.78, 5) is 15.9. The summed E-state index contributed by atoms with van der Waals surface area (Å²) < 4.78 is 19.4. The van der Waals surface area contributed by atoms with Crippen molar-refractivity contribution in [2.75, 3.05) is 5.32 Å². The Hall–Kier alpha value is -2.47. The molecular weight excluding hydrogens is 311 g/mol. The topological polar surface area (TPSA) is 71.5 Å². The maximum Gasteiger partial charge on any atom is 0.226 e. The lowest BCUT2D eigenvalue weighted by Gasteiger charge is -2.14. The Labute approximate surface area is 140 Å². The molecule has 0 radical (unpaired) electrons. The number of halogens is 1. The molecule has 0 aliphatic heterocycles. The fourth-order valence-corrected chi connectivity index (χ4v) is 1.97. The minimum atomic E-state index is -0.726. The highest BCUT2D eigenvalue weighted by atomic mass is 19.1. The molecule has 0 aliphatic rings. The molecule has 1 atom stereocenters. The number of anilines is 1. The SMILES string of the molecule is CC(C)C(O)CC(=O)Nc1ccc(OCc2ccccn2)c(F)c1. The first-order valence-corrected chi connectivity index (χ1v) is 7.76. The van der Waals surface area contributed by atoms with E-state index in [9.17, 15) is 14.3 Å². The lowest BCUT2D eigenvalue weighted by atomic mass is 10.0. The third-order valence-corrected chi connectivity index (χ3v) is 3.48. The molecule has 1 aromatic carbocycles. The van der Waals surface area contributed by atoms with Crippen molar-refractivity contribution in [1.29, 1.82) is 0 Å². The smallest absolute Gasteiger partial charge is 0.226 e. The predicted molar refractivity (Wildman–Crippen MR) is 89.1 cm³/mol. The fourth-order valence-electron chi connectivity index (χ4n) is 1.97. The van der Waals surface area contributed by atoms with Gasteiger partial charge in [0.1, 0.15) is 6.61 Å². The van der Waals surface area contributed by atoms with Crippen LogP contribution >= 0.6 is 0 Å². The molecule has 1 unspecified atom stereocenters. The van der Waals surface area contributed by atoms with Crippen molar-refractivity contribution < 1.29 is 19.0 Å². The first-order chi connectivity index (χ1) is 11.5. The predicted octanol–water partition coefficient (Wildman–Crippen LogP) is 3.15. The van der Waals surface area contributed by atoms with E-state index in [1.54, 1.807) is 24.4 Å². The monoisotopic (exact) mass is 332 g/mol. The molecular formula is C18H21FN2O3. The van der Waals surface area contributed by atoms with Crippen LogP contribution < -0.4 is 10.1 Å². The summed E-state index contributed by atoms with van der Waals surface area (Å²) in [7, 11) is 0. The molecule has 128 valence electrons. The second kappa shape index (κ2) is 8.40. The molecule has 0 spiro atoms. The van der Waals surface area contributed by atoms with Gasteiger partial charge in [-0.3, -0.25) is 9.78 Å². The number of rotatable bonds is 7. The number of nitrogens with zero attached hydrogens (tertiary/aromatic N) is 1. The van der Waals surface area contributed by atoms with Crippen molar-refractivity contribution in [3.8, 4) is 5.75 Å². The lowest BCUT2D eigenvalue weighted by molar-refractivity contribution is -0.118. The van der Waals surface area contributed by atoms with Crippen LogP contribution in [0.15, 0.2) is 42.6 Å². The highest BCUT2D eigenvalue weighted by Crippen LogP contribution is 2.22. The molecule has 0 saturated heterocycles. The number of aliphatic hydroxyl groups is 1. The van der Waals surface area contributed by atoms with Crippen LogP contribution in [0.2, 0.25) is 0 Å². The molecule has 2 aromatic rings. The van der Waals surface area contributed by atoms with E-state index in [0.717, 1.165) is 0 Å². The van der Waals surface area contributed by atoms with Gasteiger partial charge < -0.3 is 15.2 Å². The first-order valence-electron chi connectivity index (χ1n) is 7.76. The molecule has 0 saturated carbocycles. The number of amides is 1. The zero-order chi connectivity index (χ0) is 17.5. The Morgan fingerprint density at radius 1 is 1.33 bits per heavy atom. The molecule has 0 fully saturated rings. The molecule has 5 nitrogen and oxygen atoms in total. The largest absolute Gasteiger partial charge is 0.484 e. The van der Waals surface area contributed by atoms with E-state index in [0.29, 0.717) is 11.4 Å². The number of carbonyl (C=O) groups excluding carboxylic acids is 1. The second-order valence-corrected chi connectivity index (χ2v) is 5.82. The van der Waals surface area contributed by atoms with Gasteiger partial charge in [-0.2, -0.15) is 0 Å². The second-order valence-electron chi connectivity index (χ2n) is 5.82. The minimum absolute atomic E-state index is 0.0186. The number of pyridine rings is 1. The first kappa shape index (κ1) is 17.9. The zero-order valence-electron chi connectivity index (χ0n) is 13.7. The Morgan fingerprint density at radius 3 is 2.75 bits per heavy atom. The summed E-state index contributed by atoms with van der Waals surface area (Å²) in [5.74, 6) is -0.874. The third kappa shape index (κ3) is 5.31. The van der Waals surface area contributed by atoms with Crippen LogP contribution in [0.3, 0.4) is 0 Å². The summed E-state index contributed by atoms with van der Waals surface area (Å²) in [6.07, 6.45) is 0.882. The lowest BCUT2D eigenvalue weighted by Crippen LogP contribution is -2.23. The van der Waals surface area contributed by atoms with Gasteiger partial charge in [0, 0.05) is 18.0 Å². The van der Waals surface area contributed by atoms with Crippen molar-refractivity contribution in [3.63, 3.8) is 0 Å². The average molecular weight is 332 g/mol. The van der Waals surface area contributed by atoms with Gasteiger partial charge in [-0.1, -0.05) is 19.9 Å². The molecule has 0 bridgehead atoms. The number of hydrogen-bond acceptors (Lipinski definition) is 4. The van der Waals surface area contributed by atoms with Gasteiger partial charge in [-0.25, -0.2) is 4.39 Å². The van der Waals surface area contributed by atoms with Crippen molar-refractivity contribution in [2.45, 2.75) is 33.0 Å².